The number of alkyl halides is 1. The van der Waals surface area contributed by atoms with E-state index in [-0.39, 0.29) is 10.8 Å². The van der Waals surface area contributed by atoms with Gasteiger partial charge in [-0.1, -0.05) is 33.6 Å². The van der Waals surface area contributed by atoms with Gasteiger partial charge in [-0.25, -0.2) is 8.42 Å². The summed E-state index contributed by atoms with van der Waals surface area (Å²) >= 11 is 6.21. The smallest absolute Gasteiger partial charge is 0.147 e. The summed E-state index contributed by atoms with van der Waals surface area (Å²) in [5, 5.41) is 0.177. The van der Waals surface area contributed by atoms with E-state index in [1.165, 1.54) is 6.26 Å². The molecule has 0 saturated heterocycles. The zero-order chi connectivity index (χ0) is 12.1. The van der Waals surface area contributed by atoms with Crippen LogP contribution in [0.5, 0.6) is 0 Å². The van der Waals surface area contributed by atoms with E-state index in [4.69, 9.17) is 11.6 Å². The molecule has 0 fully saturated rings. The molecule has 0 bridgehead atoms. The minimum Gasteiger partial charge on any atom is -0.229 e. The van der Waals surface area contributed by atoms with Crippen molar-refractivity contribution >= 4 is 21.4 Å². The lowest BCUT2D eigenvalue weighted by molar-refractivity contribution is 0.366. The van der Waals surface area contributed by atoms with Crippen molar-refractivity contribution < 1.29 is 8.42 Å². The van der Waals surface area contributed by atoms with E-state index in [1.54, 1.807) is 0 Å². The van der Waals surface area contributed by atoms with Gasteiger partial charge in [0.15, 0.2) is 0 Å². The van der Waals surface area contributed by atoms with Crippen LogP contribution >= 0.6 is 11.6 Å². The van der Waals surface area contributed by atoms with Crippen LogP contribution in [-0.4, -0.2) is 25.8 Å². The van der Waals surface area contributed by atoms with Crippen LogP contribution in [0.4, 0.5) is 0 Å². The highest BCUT2D eigenvalue weighted by atomic mass is 35.5. The first-order valence-corrected chi connectivity index (χ1v) is 7.94. The van der Waals surface area contributed by atoms with Crippen molar-refractivity contribution in [2.45, 2.75) is 51.8 Å². The summed E-state index contributed by atoms with van der Waals surface area (Å²) in [7, 11) is -2.79. The molecule has 0 rings (SSSR count). The Morgan fingerprint density at radius 1 is 1.13 bits per heavy atom. The molecule has 0 saturated carbocycles. The number of sulfone groups is 1. The molecule has 0 aliphatic carbocycles. The fourth-order valence-corrected chi connectivity index (χ4v) is 2.18. The summed E-state index contributed by atoms with van der Waals surface area (Å²) in [5.41, 5.74) is 0.137. The fourth-order valence-electron chi connectivity index (χ4n) is 1.30. The van der Waals surface area contributed by atoms with Crippen LogP contribution in [-0.2, 0) is 9.84 Å². The molecule has 0 aromatic heterocycles. The predicted molar refractivity (Wildman–Crippen MR) is 67.3 cm³/mol. The van der Waals surface area contributed by atoms with Crippen LogP contribution in [0.25, 0.3) is 0 Å². The minimum atomic E-state index is -2.79. The molecular formula is C11H23ClO2S. The highest BCUT2D eigenvalue weighted by Crippen LogP contribution is 2.28. The Hall–Kier alpha value is 0.240. The average molecular weight is 255 g/mol. The van der Waals surface area contributed by atoms with Gasteiger partial charge in [0.05, 0.1) is 0 Å². The van der Waals surface area contributed by atoms with Gasteiger partial charge in [0.25, 0.3) is 0 Å². The van der Waals surface area contributed by atoms with Crippen molar-refractivity contribution in [3.63, 3.8) is 0 Å². The number of rotatable bonds is 6. The van der Waals surface area contributed by atoms with E-state index in [2.05, 4.69) is 20.8 Å². The fraction of sp³-hybridized carbons (Fsp3) is 1.00. The van der Waals surface area contributed by atoms with E-state index in [1.807, 2.05) is 0 Å². The van der Waals surface area contributed by atoms with Crippen LogP contribution in [0.1, 0.15) is 46.5 Å². The van der Waals surface area contributed by atoms with Crippen LogP contribution in [0, 0.1) is 5.41 Å². The lowest BCUT2D eigenvalue weighted by atomic mass is 9.89. The van der Waals surface area contributed by atoms with Gasteiger partial charge < -0.3 is 0 Å². The molecule has 0 aliphatic heterocycles. The first-order chi connectivity index (χ1) is 6.63. The van der Waals surface area contributed by atoms with Gasteiger partial charge in [0.2, 0.25) is 0 Å². The van der Waals surface area contributed by atoms with Gasteiger partial charge in [0.1, 0.15) is 9.84 Å². The third kappa shape index (κ3) is 9.19. The van der Waals surface area contributed by atoms with Gasteiger partial charge in [0, 0.05) is 17.4 Å². The Kier molecular flexibility index (Phi) is 6.19. The van der Waals surface area contributed by atoms with Gasteiger partial charge >= 0.3 is 0 Å². The van der Waals surface area contributed by atoms with Crippen molar-refractivity contribution in [3.05, 3.63) is 0 Å². The van der Waals surface area contributed by atoms with E-state index in [0.717, 1.165) is 25.7 Å². The van der Waals surface area contributed by atoms with Crippen molar-refractivity contribution in [1.29, 1.82) is 0 Å². The molecule has 0 amide bonds. The van der Waals surface area contributed by atoms with Gasteiger partial charge in [-0.3, -0.25) is 0 Å². The summed E-state index contributed by atoms with van der Waals surface area (Å²) in [5.74, 6) is 0.301. The standard InChI is InChI=1S/C11H23ClO2S/c1-11(2,3)10(12)8-6-5-7-9-15(4,13)14/h10H,5-9H2,1-4H3. The number of unbranched alkanes of at least 4 members (excludes halogenated alkanes) is 2. The maximum atomic E-state index is 10.9. The van der Waals surface area contributed by atoms with E-state index in [9.17, 15) is 8.42 Å². The second kappa shape index (κ2) is 6.09. The second-order valence-corrected chi connectivity index (χ2v) is 8.10. The maximum absolute atomic E-state index is 10.9. The molecule has 1 unspecified atom stereocenters. The topological polar surface area (TPSA) is 34.1 Å². The van der Waals surface area contributed by atoms with Crippen LogP contribution in [0.2, 0.25) is 0 Å². The summed E-state index contributed by atoms with van der Waals surface area (Å²) in [6.07, 6.45) is 4.97. The molecule has 0 aromatic carbocycles. The molecule has 0 aromatic rings. The lowest BCUT2D eigenvalue weighted by Crippen LogP contribution is -2.20. The lowest BCUT2D eigenvalue weighted by Gasteiger charge is -2.24. The summed E-state index contributed by atoms with van der Waals surface area (Å²) in [4.78, 5) is 0. The Morgan fingerprint density at radius 3 is 2.07 bits per heavy atom. The summed E-state index contributed by atoms with van der Waals surface area (Å²) in [6, 6.07) is 0. The number of hydrogen-bond acceptors (Lipinski definition) is 2. The second-order valence-electron chi connectivity index (χ2n) is 5.31. The monoisotopic (exact) mass is 254 g/mol. The highest BCUT2D eigenvalue weighted by molar-refractivity contribution is 7.90. The van der Waals surface area contributed by atoms with Crippen LogP contribution in [0.15, 0.2) is 0 Å². The van der Waals surface area contributed by atoms with Gasteiger partial charge in [-0.15, -0.1) is 11.6 Å². The maximum Gasteiger partial charge on any atom is 0.147 e. The molecule has 0 heterocycles. The third-order valence-corrected chi connectivity index (χ3v) is 4.32. The normalized spacial score (nSPS) is 15.3. The minimum absolute atomic E-state index is 0.137. The van der Waals surface area contributed by atoms with Crippen molar-refractivity contribution in [3.8, 4) is 0 Å². The Balaban J connectivity index is 3.56. The highest BCUT2D eigenvalue weighted by Gasteiger charge is 2.21. The third-order valence-electron chi connectivity index (χ3n) is 2.41. The molecule has 0 aliphatic rings. The number of halogens is 1. The zero-order valence-electron chi connectivity index (χ0n) is 10.2. The Labute approximate surface area is 99.3 Å². The Morgan fingerprint density at radius 2 is 1.67 bits per heavy atom. The summed E-state index contributed by atoms with van der Waals surface area (Å²) < 4.78 is 21.7. The molecule has 15 heavy (non-hydrogen) atoms. The average Bonchev–Trinajstić information content (AvgIpc) is 1.99. The molecule has 2 nitrogen and oxygen atoms in total. The molecular weight excluding hydrogens is 232 g/mol. The Bertz CT molecular complexity index is 265. The van der Waals surface area contributed by atoms with E-state index in [0.29, 0.717) is 5.75 Å². The first kappa shape index (κ1) is 15.2. The largest absolute Gasteiger partial charge is 0.229 e. The molecule has 0 N–H and O–H groups in total. The quantitative estimate of drug-likeness (QED) is 0.539. The number of hydrogen-bond donors (Lipinski definition) is 0. The van der Waals surface area contributed by atoms with Gasteiger partial charge in [-0.05, 0) is 18.3 Å². The van der Waals surface area contributed by atoms with E-state index >= 15 is 0 Å². The van der Waals surface area contributed by atoms with E-state index < -0.39 is 9.84 Å². The van der Waals surface area contributed by atoms with Crippen LogP contribution in [0.3, 0.4) is 0 Å². The van der Waals surface area contributed by atoms with Gasteiger partial charge in [-0.2, -0.15) is 0 Å². The molecule has 4 heteroatoms. The SMILES string of the molecule is CC(C)(C)C(Cl)CCCCCS(C)(=O)=O. The zero-order valence-corrected chi connectivity index (χ0v) is 11.8. The van der Waals surface area contributed by atoms with Crippen molar-refractivity contribution in [1.82, 2.24) is 0 Å². The van der Waals surface area contributed by atoms with Crippen molar-refractivity contribution in [2.24, 2.45) is 5.41 Å². The first-order valence-electron chi connectivity index (χ1n) is 5.45. The predicted octanol–water partition coefficient (Wildman–Crippen LogP) is 3.24. The molecule has 92 valence electrons. The molecule has 0 spiro atoms. The van der Waals surface area contributed by atoms with Crippen LogP contribution < -0.4 is 0 Å². The molecule has 1 atom stereocenters. The van der Waals surface area contributed by atoms with Crippen molar-refractivity contribution in [2.75, 3.05) is 12.0 Å². The molecule has 0 radical (unpaired) electrons. The summed E-state index contributed by atoms with van der Waals surface area (Å²) in [6.45, 7) is 6.38.